The molecule has 1 saturated carbocycles. The average Bonchev–Trinajstić information content (AvgIpc) is 2.85. The first kappa shape index (κ1) is 7.80. The van der Waals surface area contributed by atoms with Gasteiger partial charge in [-0.05, 0) is 18.9 Å². The fourth-order valence-corrected chi connectivity index (χ4v) is 1.89. The summed E-state index contributed by atoms with van der Waals surface area (Å²) < 4.78 is 0. The van der Waals surface area contributed by atoms with Gasteiger partial charge in [-0.25, -0.2) is 0 Å². The molecule has 1 heterocycles. The Morgan fingerprint density at radius 2 is 2.33 bits per heavy atom. The Bertz CT molecular complexity index is 221. The van der Waals surface area contributed by atoms with E-state index in [0.29, 0.717) is 0 Å². The molecule has 0 aromatic heterocycles. The van der Waals surface area contributed by atoms with Gasteiger partial charge in [-0.1, -0.05) is 6.58 Å². The van der Waals surface area contributed by atoms with Crippen LogP contribution >= 0.6 is 0 Å². The van der Waals surface area contributed by atoms with Gasteiger partial charge in [-0.2, -0.15) is 0 Å². The van der Waals surface area contributed by atoms with E-state index >= 15 is 0 Å². The van der Waals surface area contributed by atoms with Gasteiger partial charge < -0.3 is 10.2 Å². The molecule has 1 aliphatic carbocycles. The summed E-state index contributed by atoms with van der Waals surface area (Å²) in [6, 6.07) is 0. The first-order valence-corrected chi connectivity index (χ1v) is 4.43. The highest BCUT2D eigenvalue weighted by molar-refractivity contribution is 5.88. The normalized spacial score (nSPS) is 25.5. The van der Waals surface area contributed by atoms with Crippen molar-refractivity contribution in [3.63, 3.8) is 0 Å². The summed E-state index contributed by atoms with van der Waals surface area (Å²) in [5.74, 6) is 0.0917. The Morgan fingerprint density at radius 3 is 2.92 bits per heavy atom. The quantitative estimate of drug-likeness (QED) is 0.562. The lowest BCUT2D eigenvalue weighted by Gasteiger charge is -2.36. The predicted octanol–water partition coefficient (Wildman–Crippen LogP) is 0.137. The van der Waals surface area contributed by atoms with E-state index in [-0.39, 0.29) is 11.4 Å². The van der Waals surface area contributed by atoms with Crippen molar-refractivity contribution in [1.82, 2.24) is 10.2 Å². The molecule has 0 radical (unpaired) electrons. The molecule has 3 nitrogen and oxygen atoms in total. The van der Waals surface area contributed by atoms with Gasteiger partial charge >= 0.3 is 0 Å². The number of nitrogens with zero attached hydrogens (tertiary/aromatic N) is 1. The molecule has 0 unspecified atom stereocenters. The molecule has 2 rings (SSSR count). The molecule has 1 aliphatic heterocycles. The van der Waals surface area contributed by atoms with Crippen molar-refractivity contribution in [1.29, 1.82) is 0 Å². The SMILES string of the molecule is C=CC(=O)N1CCNCC12CC2. The minimum absolute atomic E-state index is 0.0917. The summed E-state index contributed by atoms with van der Waals surface area (Å²) in [4.78, 5) is 13.4. The molecule has 0 atom stereocenters. The van der Waals surface area contributed by atoms with Crippen LogP contribution in [0.15, 0.2) is 12.7 Å². The maximum Gasteiger partial charge on any atom is 0.246 e. The molecule has 3 heteroatoms. The first-order chi connectivity index (χ1) is 5.78. The standard InChI is InChI=1S/C9H14N2O/c1-2-8(12)11-6-5-10-7-9(11)3-4-9/h2,10H,1,3-7H2. The molecule has 0 aromatic rings. The number of carbonyl (C=O) groups excluding carboxylic acids is 1. The van der Waals surface area contributed by atoms with Crippen LogP contribution in [0.4, 0.5) is 0 Å². The summed E-state index contributed by atoms with van der Waals surface area (Å²) in [5, 5.41) is 3.32. The second kappa shape index (κ2) is 2.59. The predicted molar refractivity (Wildman–Crippen MR) is 46.7 cm³/mol. The number of rotatable bonds is 1. The molecule has 1 saturated heterocycles. The highest BCUT2D eigenvalue weighted by Crippen LogP contribution is 2.42. The molecule has 2 fully saturated rings. The fraction of sp³-hybridized carbons (Fsp3) is 0.667. The largest absolute Gasteiger partial charge is 0.331 e. The third kappa shape index (κ3) is 1.05. The Labute approximate surface area is 72.4 Å². The molecule has 66 valence electrons. The first-order valence-electron chi connectivity index (χ1n) is 4.43. The van der Waals surface area contributed by atoms with Crippen LogP contribution in [-0.2, 0) is 4.79 Å². The van der Waals surface area contributed by atoms with E-state index < -0.39 is 0 Å². The zero-order valence-corrected chi connectivity index (χ0v) is 7.18. The van der Waals surface area contributed by atoms with Gasteiger partial charge in [0.25, 0.3) is 0 Å². The van der Waals surface area contributed by atoms with Crippen LogP contribution in [0.25, 0.3) is 0 Å². The van der Waals surface area contributed by atoms with Crippen LogP contribution < -0.4 is 5.32 Å². The van der Waals surface area contributed by atoms with Crippen molar-refractivity contribution in [3.05, 3.63) is 12.7 Å². The average molecular weight is 166 g/mol. The topological polar surface area (TPSA) is 32.3 Å². The van der Waals surface area contributed by atoms with Crippen LogP contribution in [0, 0.1) is 0 Å². The number of carbonyl (C=O) groups is 1. The smallest absolute Gasteiger partial charge is 0.246 e. The zero-order chi connectivity index (χ0) is 8.60. The minimum Gasteiger partial charge on any atom is -0.331 e. The lowest BCUT2D eigenvalue weighted by Crippen LogP contribution is -2.55. The summed E-state index contributed by atoms with van der Waals surface area (Å²) in [6.07, 6.45) is 3.73. The van der Waals surface area contributed by atoms with Crippen molar-refractivity contribution in [3.8, 4) is 0 Å². The summed E-state index contributed by atoms with van der Waals surface area (Å²) in [7, 11) is 0. The van der Waals surface area contributed by atoms with E-state index in [4.69, 9.17) is 0 Å². The molecule has 2 aliphatic rings. The highest BCUT2D eigenvalue weighted by atomic mass is 16.2. The Morgan fingerprint density at radius 1 is 1.58 bits per heavy atom. The van der Waals surface area contributed by atoms with Gasteiger partial charge in [0.05, 0.1) is 5.54 Å². The number of amides is 1. The van der Waals surface area contributed by atoms with E-state index in [1.807, 2.05) is 4.90 Å². The van der Waals surface area contributed by atoms with Gasteiger partial charge in [0.15, 0.2) is 0 Å². The third-order valence-corrected chi connectivity index (χ3v) is 2.81. The van der Waals surface area contributed by atoms with Crippen molar-refractivity contribution >= 4 is 5.91 Å². The van der Waals surface area contributed by atoms with E-state index in [2.05, 4.69) is 11.9 Å². The second-order valence-corrected chi connectivity index (χ2v) is 3.60. The Kier molecular flexibility index (Phi) is 1.68. The van der Waals surface area contributed by atoms with Crippen LogP contribution in [0.5, 0.6) is 0 Å². The Hall–Kier alpha value is -0.830. The van der Waals surface area contributed by atoms with E-state index in [9.17, 15) is 4.79 Å². The Balaban J connectivity index is 2.11. The van der Waals surface area contributed by atoms with Crippen LogP contribution in [0.1, 0.15) is 12.8 Å². The molecular weight excluding hydrogens is 152 g/mol. The maximum atomic E-state index is 11.4. The second-order valence-electron chi connectivity index (χ2n) is 3.60. The number of nitrogens with one attached hydrogen (secondary N) is 1. The fourth-order valence-electron chi connectivity index (χ4n) is 1.89. The van der Waals surface area contributed by atoms with Crippen LogP contribution in [0.2, 0.25) is 0 Å². The lowest BCUT2D eigenvalue weighted by molar-refractivity contribution is -0.129. The van der Waals surface area contributed by atoms with Crippen molar-refractivity contribution in [2.24, 2.45) is 0 Å². The van der Waals surface area contributed by atoms with Crippen LogP contribution in [0.3, 0.4) is 0 Å². The number of piperazine rings is 1. The molecule has 1 amide bonds. The highest BCUT2D eigenvalue weighted by Gasteiger charge is 2.50. The van der Waals surface area contributed by atoms with Crippen molar-refractivity contribution < 1.29 is 4.79 Å². The lowest BCUT2D eigenvalue weighted by atomic mass is 10.1. The summed E-state index contributed by atoms with van der Waals surface area (Å²) >= 11 is 0. The summed E-state index contributed by atoms with van der Waals surface area (Å²) in [6.45, 7) is 6.24. The molecule has 0 aromatic carbocycles. The molecular formula is C9H14N2O. The third-order valence-electron chi connectivity index (χ3n) is 2.81. The monoisotopic (exact) mass is 166 g/mol. The molecule has 0 bridgehead atoms. The minimum atomic E-state index is 0.0917. The number of hydrogen-bond donors (Lipinski definition) is 1. The number of hydrogen-bond acceptors (Lipinski definition) is 2. The van der Waals surface area contributed by atoms with Gasteiger partial charge in [0, 0.05) is 19.6 Å². The van der Waals surface area contributed by atoms with Gasteiger partial charge in [-0.3, -0.25) is 4.79 Å². The van der Waals surface area contributed by atoms with E-state index in [1.54, 1.807) is 0 Å². The molecule has 12 heavy (non-hydrogen) atoms. The van der Waals surface area contributed by atoms with Crippen LogP contribution in [-0.4, -0.2) is 36.0 Å². The zero-order valence-electron chi connectivity index (χ0n) is 7.18. The van der Waals surface area contributed by atoms with E-state index in [0.717, 1.165) is 32.5 Å². The maximum absolute atomic E-state index is 11.4. The van der Waals surface area contributed by atoms with E-state index in [1.165, 1.54) is 6.08 Å². The molecule has 1 spiro atoms. The van der Waals surface area contributed by atoms with Gasteiger partial charge in [0.1, 0.15) is 0 Å². The summed E-state index contributed by atoms with van der Waals surface area (Å²) in [5.41, 5.74) is 0.170. The molecule has 1 N–H and O–H groups in total. The van der Waals surface area contributed by atoms with Gasteiger partial charge in [0.2, 0.25) is 5.91 Å². The van der Waals surface area contributed by atoms with Crippen molar-refractivity contribution in [2.75, 3.05) is 19.6 Å². The van der Waals surface area contributed by atoms with Gasteiger partial charge in [-0.15, -0.1) is 0 Å². The van der Waals surface area contributed by atoms with Crippen molar-refractivity contribution in [2.45, 2.75) is 18.4 Å².